The smallest absolute Gasteiger partial charge is 0.324 e. The molecule has 0 saturated carbocycles. The maximum atomic E-state index is 11.7. The Bertz CT molecular complexity index is 446. The molecule has 0 bridgehead atoms. The molecule has 0 heterocycles. The fourth-order valence-electron chi connectivity index (χ4n) is 1.84. The van der Waals surface area contributed by atoms with E-state index in [9.17, 15) is 9.59 Å². The number of esters is 2. The summed E-state index contributed by atoms with van der Waals surface area (Å²) in [5.74, 6) is -2.20. The van der Waals surface area contributed by atoms with E-state index >= 15 is 0 Å². The van der Waals surface area contributed by atoms with Crippen molar-refractivity contribution < 1.29 is 19.1 Å². The van der Waals surface area contributed by atoms with Crippen molar-refractivity contribution in [3.05, 3.63) is 47.5 Å². The number of carbonyl (C=O) groups is 2. The van der Waals surface area contributed by atoms with Gasteiger partial charge in [-0.1, -0.05) is 36.4 Å². The van der Waals surface area contributed by atoms with E-state index in [-0.39, 0.29) is 0 Å². The average molecular weight is 262 g/mol. The molecule has 0 unspecified atom stereocenters. The van der Waals surface area contributed by atoms with Crippen molar-refractivity contribution in [1.82, 2.24) is 0 Å². The lowest BCUT2D eigenvalue weighted by atomic mass is 9.92. The van der Waals surface area contributed by atoms with Gasteiger partial charge in [-0.2, -0.15) is 0 Å². The second kappa shape index (κ2) is 7.36. The Morgan fingerprint density at radius 3 is 2.05 bits per heavy atom. The van der Waals surface area contributed by atoms with Crippen LogP contribution in [0, 0.1) is 5.92 Å². The summed E-state index contributed by atoms with van der Waals surface area (Å²) < 4.78 is 9.35. The molecule has 1 rings (SSSR count). The molecule has 0 spiro atoms. The van der Waals surface area contributed by atoms with Gasteiger partial charge in [0.1, 0.15) is 0 Å². The highest BCUT2D eigenvalue weighted by Crippen LogP contribution is 2.20. The lowest BCUT2D eigenvalue weighted by Crippen LogP contribution is -2.29. The second-order valence-corrected chi connectivity index (χ2v) is 4.01. The van der Waals surface area contributed by atoms with Crippen LogP contribution in [0.5, 0.6) is 0 Å². The van der Waals surface area contributed by atoms with Gasteiger partial charge >= 0.3 is 11.9 Å². The van der Waals surface area contributed by atoms with Crippen molar-refractivity contribution in [3.63, 3.8) is 0 Å². The number of rotatable bonds is 5. The van der Waals surface area contributed by atoms with Crippen LogP contribution in [0.1, 0.15) is 12.5 Å². The van der Waals surface area contributed by atoms with Crippen LogP contribution in [0.4, 0.5) is 0 Å². The van der Waals surface area contributed by atoms with E-state index in [0.29, 0.717) is 12.0 Å². The number of ether oxygens (including phenoxy) is 2. The normalized spacial score (nSPS) is 11.3. The van der Waals surface area contributed by atoms with Crippen LogP contribution in [-0.4, -0.2) is 26.2 Å². The second-order valence-electron chi connectivity index (χ2n) is 4.01. The van der Waals surface area contributed by atoms with Gasteiger partial charge < -0.3 is 9.47 Å². The molecule has 1 aromatic rings. The maximum absolute atomic E-state index is 11.7. The minimum atomic E-state index is -1.000. The van der Waals surface area contributed by atoms with Crippen molar-refractivity contribution in [1.29, 1.82) is 0 Å². The summed E-state index contributed by atoms with van der Waals surface area (Å²) in [6, 6.07) is 9.61. The molecule has 0 saturated heterocycles. The third-order valence-electron chi connectivity index (χ3n) is 2.87. The standard InChI is InChI=1S/C15H18O4/c1-4-12(10-11-8-6-5-7-9-11)13(14(16)18-2)15(17)19-3/h4-9,13H,10H2,1-3H3. The van der Waals surface area contributed by atoms with E-state index in [2.05, 4.69) is 9.47 Å². The van der Waals surface area contributed by atoms with Gasteiger partial charge in [-0.3, -0.25) is 9.59 Å². The molecule has 0 aromatic heterocycles. The van der Waals surface area contributed by atoms with Gasteiger partial charge in [0.05, 0.1) is 14.2 Å². The largest absolute Gasteiger partial charge is 0.468 e. The summed E-state index contributed by atoms with van der Waals surface area (Å²) in [6.45, 7) is 1.79. The number of carbonyl (C=O) groups excluding carboxylic acids is 2. The molecule has 0 radical (unpaired) electrons. The molecule has 0 fully saturated rings. The van der Waals surface area contributed by atoms with Crippen LogP contribution in [0.15, 0.2) is 42.0 Å². The highest BCUT2D eigenvalue weighted by molar-refractivity contribution is 5.98. The summed E-state index contributed by atoms with van der Waals surface area (Å²) in [5, 5.41) is 0. The molecule has 102 valence electrons. The van der Waals surface area contributed by atoms with Crippen LogP contribution in [-0.2, 0) is 25.5 Å². The molecule has 4 heteroatoms. The zero-order valence-corrected chi connectivity index (χ0v) is 11.4. The first-order valence-corrected chi connectivity index (χ1v) is 5.98. The Kier molecular flexibility index (Phi) is 5.79. The Hall–Kier alpha value is -2.10. The Labute approximate surface area is 113 Å². The average Bonchev–Trinajstić information content (AvgIpc) is 2.46. The van der Waals surface area contributed by atoms with Crippen LogP contribution >= 0.6 is 0 Å². The van der Waals surface area contributed by atoms with Gasteiger partial charge in [0.25, 0.3) is 0 Å². The lowest BCUT2D eigenvalue weighted by molar-refractivity contribution is -0.156. The number of methoxy groups -OCH3 is 2. The molecule has 0 N–H and O–H groups in total. The number of hydrogen-bond donors (Lipinski definition) is 0. The van der Waals surface area contributed by atoms with Crippen LogP contribution in [0.25, 0.3) is 0 Å². The zero-order chi connectivity index (χ0) is 14.3. The van der Waals surface area contributed by atoms with Crippen molar-refractivity contribution in [2.75, 3.05) is 14.2 Å². The van der Waals surface area contributed by atoms with E-state index in [1.54, 1.807) is 13.0 Å². The molecule has 19 heavy (non-hydrogen) atoms. The Balaban J connectivity index is 2.98. The molecular weight excluding hydrogens is 244 g/mol. The van der Waals surface area contributed by atoms with E-state index in [1.807, 2.05) is 30.3 Å². The van der Waals surface area contributed by atoms with Gasteiger partial charge in [0.2, 0.25) is 0 Å². The maximum Gasteiger partial charge on any atom is 0.324 e. The first-order chi connectivity index (χ1) is 9.13. The Morgan fingerprint density at radius 2 is 1.63 bits per heavy atom. The van der Waals surface area contributed by atoms with Gasteiger partial charge in [-0.15, -0.1) is 0 Å². The monoisotopic (exact) mass is 262 g/mol. The van der Waals surface area contributed by atoms with Crippen molar-refractivity contribution >= 4 is 11.9 Å². The van der Waals surface area contributed by atoms with E-state index in [4.69, 9.17) is 0 Å². The third-order valence-corrected chi connectivity index (χ3v) is 2.87. The van der Waals surface area contributed by atoms with Gasteiger partial charge in [0.15, 0.2) is 5.92 Å². The summed E-state index contributed by atoms with van der Waals surface area (Å²) in [7, 11) is 2.52. The Morgan fingerprint density at radius 1 is 1.11 bits per heavy atom. The molecule has 4 nitrogen and oxygen atoms in total. The minimum absolute atomic E-state index is 0.506. The SMILES string of the molecule is CC=C(Cc1ccccc1)C(C(=O)OC)C(=O)OC. The van der Waals surface area contributed by atoms with Gasteiger partial charge in [0, 0.05) is 0 Å². The predicted molar refractivity (Wildman–Crippen MR) is 71.4 cm³/mol. The quantitative estimate of drug-likeness (QED) is 0.463. The fraction of sp³-hybridized carbons (Fsp3) is 0.333. The highest BCUT2D eigenvalue weighted by Gasteiger charge is 2.31. The number of allylic oxidation sites excluding steroid dienone is 1. The molecule has 0 aliphatic carbocycles. The van der Waals surface area contributed by atoms with Gasteiger partial charge in [-0.25, -0.2) is 0 Å². The summed E-state index contributed by atoms with van der Waals surface area (Å²) >= 11 is 0. The number of hydrogen-bond acceptors (Lipinski definition) is 4. The molecule has 0 atom stereocenters. The summed E-state index contributed by atoms with van der Waals surface area (Å²) in [5.41, 5.74) is 1.69. The fourth-order valence-corrected chi connectivity index (χ4v) is 1.84. The predicted octanol–water partition coefficient (Wildman–Crippen LogP) is 2.14. The van der Waals surface area contributed by atoms with E-state index < -0.39 is 17.9 Å². The molecule has 0 amide bonds. The van der Waals surface area contributed by atoms with E-state index in [1.165, 1.54) is 14.2 Å². The number of benzene rings is 1. The third kappa shape index (κ3) is 3.95. The lowest BCUT2D eigenvalue weighted by Gasteiger charge is -2.16. The van der Waals surface area contributed by atoms with Crippen molar-refractivity contribution in [2.45, 2.75) is 13.3 Å². The van der Waals surface area contributed by atoms with Crippen LogP contribution < -0.4 is 0 Å². The van der Waals surface area contributed by atoms with Crippen molar-refractivity contribution in [3.8, 4) is 0 Å². The van der Waals surface area contributed by atoms with E-state index in [0.717, 1.165) is 5.56 Å². The summed E-state index contributed by atoms with van der Waals surface area (Å²) in [6.07, 6.45) is 2.26. The first kappa shape index (κ1) is 15.0. The highest BCUT2D eigenvalue weighted by atomic mass is 16.5. The van der Waals surface area contributed by atoms with Crippen molar-refractivity contribution in [2.24, 2.45) is 5.92 Å². The van der Waals surface area contributed by atoms with Crippen LogP contribution in [0.2, 0.25) is 0 Å². The molecule has 0 aliphatic heterocycles. The zero-order valence-electron chi connectivity index (χ0n) is 11.4. The minimum Gasteiger partial charge on any atom is -0.468 e. The summed E-state index contributed by atoms with van der Waals surface area (Å²) in [4.78, 5) is 23.5. The first-order valence-electron chi connectivity index (χ1n) is 5.98. The molecular formula is C15H18O4. The molecule has 1 aromatic carbocycles. The topological polar surface area (TPSA) is 52.6 Å². The van der Waals surface area contributed by atoms with Crippen LogP contribution in [0.3, 0.4) is 0 Å². The molecule has 0 aliphatic rings. The van der Waals surface area contributed by atoms with Gasteiger partial charge in [-0.05, 0) is 24.5 Å².